The number of hydrogen-bond acceptors (Lipinski definition) is 6. The van der Waals surface area contributed by atoms with Crippen molar-refractivity contribution in [2.75, 3.05) is 11.1 Å². The van der Waals surface area contributed by atoms with E-state index in [1.54, 1.807) is 6.92 Å². The van der Waals surface area contributed by atoms with E-state index in [9.17, 15) is 4.79 Å². The number of carbonyl (C=O) groups is 1. The molecule has 20 heavy (non-hydrogen) atoms. The summed E-state index contributed by atoms with van der Waals surface area (Å²) in [5, 5.41) is 10.5. The summed E-state index contributed by atoms with van der Waals surface area (Å²) in [6.07, 6.45) is 0. The van der Waals surface area contributed by atoms with E-state index in [1.807, 2.05) is 24.3 Å². The Morgan fingerprint density at radius 2 is 2.25 bits per heavy atom. The van der Waals surface area contributed by atoms with Crippen LogP contribution in [0.3, 0.4) is 0 Å². The van der Waals surface area contributed by atoms with Crippen molar-refractivity contribution in [1.29, 1.82) is 0 Å². The highest BCUT2D eigenvalue weighted by Gasteiger charge is 2.11. The maximum absolute atomic E-state index is 11.8. The number of rotatable bonds is 4. The molecule has 0 atom stereocenters. The highest BCUT2D eigenvalue weighted by molar-refractivity contribution is 7.99. The van der Waals surface area contributed by atoms with E-state index in [1.165, 1.54) is 11.8 Å². The molecule has 1 amide bonds. The number of nitrogens with one attached hydrogen (secondary N) is 2. The minimum Gasteiger partial charge on any atom is -0.333 e. The third kappa shape index (κ3) is 2.64. The Morgan fingerprint density at radius 1 is 1.40 bits per heavy atom. The van der Waals surface area contributed by atoms with Crippen molar-refractivity contribution in [3.63, 3.8) is 0 Å². The lowest BCUT2D eigenvalue weighted by Gasteiger charge is -1.99. The predicted octanol–water partition coefficient (Wildman–Crippen LogP) is 1.99. The number of carbonyl (C=O) groups excluding carboxylic acids is 1. The molecule has 0 spiro atoms. The molecule has 0 aliphatic carbocycles. The van der Waals surface area contributed by atoms with Crippen LogP contribution in [0.1, 0.15) is 5.69 Å². The van der Waals surface area contributed by atoms with E-state index < -0.39 is 0 Å². The molecule has 0 unspecified atom stereocenters. The Morgan fingerprint density at radius 3 is 3.00 bits per heavy atom. The van der Waals surface area contributed by atoms with Crippen molar-refractivity contribution in [2.24, 2.45) is 0 Å². The first-order chi connectivity index (χ1) is 9.72. The van der Waals surface area contributed by atoms with Crippen LogP contribution in [0.5, 0.6) is 0 Å². The maximum Gasteiger partial charge on any atom is 0.236 e. The monoisotopic (exact) mass is 289 g/mol. The van der Waals surface area contributed by atoms with Gasteiger partial charge in [0.25, 0.3) is 0 Å². The Balaban J connectivity index is 1.61. The Labute approximate surface area is 118 Å². The first-order valence-corrected chi connectivity index (χ1v) is 6.87. The number of aromatic nitrogens is 4. The van der Waals surface area contributed by atoms with Crippen LogP contribution in [0.4, 0.5) is 5.82 Å². The lowest BCUT2D eigenvalue weighted by molar-refractivity contribution is -0.113. The highest BCUT2D eigenvalue weighted by Crippen LogP contribution is 2.19. The lowest BCUT2D eigenvalue weighted by Crippen LogP contribution is -2.15. The number of anilines is 1. The summed E-state index contributed by atoms with van der Waals surface area (Å²) in [6.45, 7) is 1.71. The number of benzene rings is 1. The van der Waals surface area contributed by atoms with Crippen molar-refractivity contribution in [3.05, 3.63) is 30.0 Å². The number of aromatic amines is 1. The highest BCUT2D eigenvalue weighted by atomic mass is 32.2. The largest absolute Gasteiger partial charge is 0.333 e. The summed E-state index contributed by atoms with van der Waals surface area (Å²) >= 11 is 1.32. The minimum absolute atomic E-state index is 0.186. The fourth-order valence-electron chi connectivity index (χ4n) is 1.64. The molecule has 0 saturated heterocycles. The predicted molar refractivity (Wildman–Crippen MR) is 74.5 cm³/mol. The third-order valence-electron chi connectivity index (χ3n) is 2.62. The lowest BCUT2D eigenvalue weighted by atomic mass is 10.3. The van der Waals surface area contributed by atoms with Crippen LogP contribution < -0.4 is 5.32 Å². The number of aryl methyl sites for hydroxylation is 1. The molecule has 1 aromatic carbocycles. The molecule has 3 rings (SSSR count). The van der Waals surface area contributed by atoms with E-state index in [0.29, 0.717) is 16.7 Å². The Kier molecular flexibility index (Phi) is 3.38. The van der Waals surface area contributed by atoms with Crippen molar-refractivity contribution in [2.45, 2.75) is 12.1 Å². The number of para-hydroxylation sites is 2. The van der Waals surface area contributed by atoms with Gasteiger partial charge in [-0.05, 0) is 24.2 Å². The smallest absolute Gasteiger partial charge is 0.236 e. The van der Waals surface area contributed by atoms with Crippen LogP contribution in [0.2, 0.25) is 0 Å². The second-order valence-electron chi connectivity index (χ2n) is 4.09. The molecule has 0 bridgehead atoms. The molecule has 0 fully saturated rings. The fourth-order valence-corrected chi connectivity index (χ4v) is 2.33. The van der Waals surface area contributed by atoms with Gasteiger partial charge in [-0.3, -0.25) is 4.79 Å². The zero-order valence-electron chi connectivity index (χ0n) is 10.6. The molecule has 2 N–H and O–H groups in total. The molecule has 2 aromatic heterocycles. The number of nitrogens with zero attached hydrogens (tertiary/aromatic N) is 3. The van der Waals surface area contributed by atoms with Crippen LogP contribution in [0.25, 0.3) is 11.0 Å². The molecule has 0 aliphatic heterocycles. The van der Waals surface area contributed by atoms with Gasteiger partial charge in [-0.25, -0.2) is 9.61 Å². The number of fused-ring (bicyclic) bond motifs is 1. The van der Waals surface area contributed by atoms with Gasteiger partial charge in [-0.1, -0.05) is 29.1 Å². The number of hydrogen-bond donors (Lipinski definition) is 2. The number of amides is 1. The number of thioether (sulfide) groups is 1. The minimum atomic E-state index is -0.186. The van der Waals surface area contributed by atoms with Gasteiger partial charge in [0, 0.05) is 0 Å². The van der Waals surface area contributed by atoms with Gasteiger partial charge in [-0.15, -0.1) is 0 Å². The number of imidazole rings is 1. The Bertz CT molecular complexity index is 718. The van der Waals surface area contributed by atoms with Gasteiger partial charge >= 0.3 is 0 Å². The average Bonchev–Trinajstić information content (AvgIpc) is 3.03. The van der Waals surface area contributed by atoms with E-state index in [-0.39, 0.29) is 11.7 Å². The molecule has 2 heterocycles. The summed E-state index contributed by atoms with van der Waals surface area (Å²) in [6, 6.07) is 7.71. The van der Waals surface area contributed by atoms with Crippen LogP contribution in [-0.2, 0) is 4.79 Å². The normalized spacial score (nSPS) is 10.8. The van der Waals surface area contributed by atoms with Gasteiger partial charge < -0.3 is 10.3 Å². The SMILES string of the molecule is Cc1nonc1NC(=O)CSc1nc2ccccc2[nH]1. The first kappa shape index (κ1) is 12.7. The van der Waals surface area contributed by atoms with Gasteiger partial charge in [0.1, 0.15) is 5.69 Å². The number of H-pyrrole nitrogens is 1. The molecule has 102 valence electrons. The standard InChI is InChI=1S/C12H11N5O2S/c1-7-11(17-19-16-7)15-10(18)6-20-12-13-8-4-2-3-5-9(8)14-12/h2-5H,6H2,1H3,(H,13,14)(H,15,17,18). The summed E-state index contributed by atoms with van der Waals surface area (Å²) in [4.78, 5) is 19.3. The van der Waals surface area contributed by atoms with Crippen LogP contribution in [-0.4, -0.2) is 31.9 Å². The first-order valence-electron chi connectivity index (χ1n) is 5.89. The van der Waals surface area contributed by atoms with E-state index in [4.69, 9.17) is 0 Å². The molecule has 3 aromatic rings. The maximum atomic E-state index is 11.8. The zero-order valence-corrected chi connectivity index (χ0v) is 11.4. The second kappa shape index (κ2) is 5.33. The van der Waals surface area contributed by atoms with E-state index in [2.05, 4.69) is 30.2 Å². The molecule has 7 nitrogen and oxygen atoms in total. The second-order valence-corrected chi connectivity index (χ2v) is 5.06. The third-order valence-corrected chi connectivity index (χ3v) is 3.49. The van der Waals surface area contributed by atoms with Crippen LogP contribution in [0, 0.1) is 6.92 Å². The van der Waals surface area contributed by atoms with Crippen molar-refractivity contribution >= 4 is 34.5 Å². The molecule has 0 saturated carbocycles. The van der Waals surface area contributed by atoms with Crippen molar-refractivity contribution < 1.29 is 9.42 Å². The van der Waals surface area contributed by atoms with Gasteiger partial charge in [0.15, 0.2) is 11.0 Å². The molecular weight excluding hydrogens is 278 g/mol. The van der Waals surface area contributed by atoms with Crippen molar-refractivity contribution in [3.8, 4) is 0 Å². The van der Waals surface area contributed by atoms with Gasteiger partial charge in [-0.2, -0.15) is 0 Å². The topological polar surface area (TPSA) is 96.7 Å². The quantitative estimate of drug-likeness (QED) is 0.713. The van der Waals surface area contributed by atoms with Crippen LogP contribution in [0.15, 0.2) is 34.1 Å². The summed E-state index contributed by atoms with van der Waals surface area (Å²) in [7, 11) is 0. The summed E-state index contributed by atoms with van der Waals surface area (Å²) in [5.41, 5.74) is 2.38. The zero-order chi connectivity index (χ0) is 13.9. The average molecular weight is 289 g/mol. The van der Waals surface area contributed by atoms with Crippen LogP contribution >= 0.6 is 11.8 Å². The molecule has 0 radical (unpaired) electrons. The van der Waals surface area contributed by atoms with Gasteiger partial charge in [0.05, 0.1) is 16.8 Å². The van der Waals surface area contributed by atoms with Gasteiger partial charge in [0.2, 0.25) is 5.91 Å². The van der Waals surface area contributed by atoms with E-state index >= 15 is 0 Å². The summed E-state index contributed by atoms with van der Waals surface area (Å²) in [5.74, 6) is 0.390. The Hall–Kier alpha value is -2.35. The molecule has 0 aliphatic rings. The molecular formula is C12H11N5O2S. The fraction of sp³-hybridized carbons (Fsp3) is 0.167. The van der Waals surface area contributed by atoms with Crippen molar-refractivity contribution in [1.82, 2.24) is 20.3 Å². The summed E-state index contributed by atoms with van der Waals surface area (Å²) < 4.78 is 4.51. The molecule has 8 heteroatoms. The van der Waals surface area contributed by atoms with E-state index in [0.717, 1.165) is 11.0 Å².